The van der Waals surface area contributed by atoms with Crippen LogP contribution in [0.2, 0.25) is 0 Å². The summed E-state index contributed by atoms with van der Waals surface area (Å²) in [5.74, 6) is 0. The lowest BCUT2D eigenvalue weighted by Gasteiger charge is -2.14. The van der Waals surface area contributed by atoms with Crippen molar-refractivity contribution in [3.8, 4) is 0 Å². The molecule has 3 N–H and O–H groups in total. The van der Waals surface area contributed by atoms with Crippen LogP contribution in [0.25, 0.3) is 0 Å². The van der Waals surface area contributed by atoms with Crippen molar-refractivity contribution in [1.82, 2.24) is 5.32 Å². The van der Waals surface area contributed by atoms with E-state index in [4.69, 9.17) is 9.60 Å². The lowest BCUT2D eigenvalue weighted by molar-refractivity contribution is 0.171. The van der Waals surface area contributed by atoms with Gasteiger partial charge < -0.3 is 10.4 Å². The summed E-state index contributed by atoms with van der Waals surface area (Å²) in [6.45, 7) is -6.76. The number of nitrogens with one attached hydrogen (secondary N) is 2. The summed E-state index contributed by atoms with van der Waals surface area (Å²) in [5.41, 5.74) is 0.566. The monoisotopic (exact) mass is 279 g/mol. The zero-order valence-corrected chi connectivity index (χ0v) is 10.6. The molecule has 0 spiro atoms. The highest BCUT2D eigenvalue weighted by atomic mass is 32.2. The molecular formula is C12H20N2O3S. The second-order valence-corrected chi connectivity index (χ2v) is 5.52. The van der Waals surface area contributed by atoms with Gasteiger partial charge in [-0.05, 0) is 17.7 Å². The third-order valence-corrected chi connectivity index (χ3v) is 2.68. The van der Waals surface area contributed by atoms with Gasteiger partial charge in [-0.2, -0.15) is 0 Å². The van der Waals surface area contributed by atoms with Crippen molar-refractivity contribution in [2.24, 2.45) is 0 Å². The summed E-state index contributed by atoms with van der Waals surface area (Å²) in [7, 11) is -3.45. The first-order valence-corrected chi connectivity index (χ1v) is 6.97. The van der Waals surface area contributed by atoms with Crippen LogP contribution in [-0.2, 0) is 10.0 Å². The van der Waals surface area contributed by atoms with Gasteiger partial charge in [0.25, 0.3) is 0 Å². The van der Waals surface area contributed by atoms with Crippen LogP contribution in [0.15, 0.2) is 24.3 Å². The fourth-order valence-electron chi connectivity index (χ4n) is 1.30. The van der Waals surface area contributed by atoms with Gasteiger partial charge in [0.2, 0.25) is 10.0 Å². The molecule has 5 nitrogen and oxygen atoms in total. The molecule has 0 amide bonds. The molecule has 0 aliphatic carbocycles. The number of aliphatic hydroxyl groups excluding tert-OH is 1. The Morgan fingerprint density at radius 3 is 2.50 bits per heavy atom. The van der Waals surface area contributed by atoms with Crippen molar-refractivity contribution in [2.75, 3.05) is 17.5 Å². The Labute approximate surface area is 118 Å². The minimum Gasteiger partial charge on any atom is -0.387 e. The molecule has 0 saturated carbocycles. The molecule has 0 aliphatic rings. The van der Waals surface area contributed by atoms with Gasteiger partial charge in [0, 0.05) is 27.8 Å². The molecular weight excluding hydrogens is 252 g/mol. The second kappa shape index (κ2) is 6.17. The topological polar surface area (TPSA) is 78.4 Å². The average Bonchev–Trinajstić information content (AvgIpc) is 2.41. The lowest BCUT2D eigenvalue weighted by Crippen LogP contribution is -2.27. The van der Waals surface area contributed by atoms with Crippen LogP contribution >= 0.6 is 0 Å². The standard InChI is InChI=1S/C12H20N2O3S/c1-9(2)13-8-12(15)10-4-6-11(7-5-10)14-18(3,16)17/h4-7,9,12-15H,8H2,1-3H3/i1D3,2D3,9D. The minimum atomic E-state index is -3.45. The van der Waals surface area contributed by atoms with E-state index in [1.807, 2.05) is 0 Å². The summed E-state index contributed by atoms with van der Waals surface area (Å²) in [6, 6.07) is 2.65. The van der Waals surface area contributed by atoms with E-state index < -0.39 is 42.4 Å². The van der Waals surface area contributed by atoms with E-state index in [2.05, 4.69) is 10.0 Å². The van der Waals surface area contributed by atoms with Crippen LogP contribution in [-0.4, -0.2) is 32.3 Å². The Morgan fingerprint density at radius 2 is 2.00 bits per heavy atom. The number of hydrogen-bond acceptors (Lipinski definition) is 4. The molecule has 0 aliphatic heterocycles. The van der Waals surface area contributed by atoms with Crippen LogP contribution in [0, 0.1) is 0 Å². The average molecular weight is 279 g/mol. The number of aliphatic hydroxyl groups is 1. The third-order valence-electron chi connectivity index (χ3n) is 2.07. The Bertz CT molecular complexity index is 672. The maximum absolute atomic E-state index is 11.1. The lowest BCUT2D eigenvalue weighted by atomic mass is 10.1. The third kappa shape index (κ3) is 5.48. The van der Waals surface area contributed by atoms with Gasteiger partial charge in [0.05, 0.1) is 12.4 Å². The van der Waals surface area contributed by atoms with E-state index in [9.17, 15) is 13.5 Å². The molecule has 1 unspecified atom stereocenters. The summed E-state index contributed by atoms with van der Waals surface area (Å²) in [5, 5.41) is 12.2. The molecule has 1 aromatic carbocycles. The normalized spacial score (nSPS) is 21.3. The predicted octanol–water partition coefficient (Wildman–Crippen LogP) is 1.09. The summed E-state index contributed by atoms with van der Waals surface area (Å²) in [4.78, 5) is 0. The molecule has 1 rings (SSSR count). The molecule has 0 saturated heterocycles. The number of rotatable bonds is 6. The first-order valence-electron chi connectivity index (χ1n) is 8.58. The quantitative estimate of drug-likeness (QED) is 0.728. The van der Waals surface area contributed by atoms with E-state index in [0.29, 0.717) is 5.56 Å². The second-order valence-electron chi connectivity index (χ2n) is 3.77. The highest BCUT2D eigenvalue weighted by Gasteiger charge is 2.08. The highest BCUT2D eigenvalue weighted by molar-refractivity contribution is 7.92. The van der Waals surface area contributed by atoms with Gasteiger partial charge in [-0.1, -0.05) is 25.8 Å². The molecule has 18 heavy (non-hydrogen) atoms. The molecule has 0 fully saturated rings. The van der Waals surface area contributed by atoms with Gasteiger partial charge in [0.15, 0.2) is 0 Å². The molecule has 0 radical (unpaired) electrons. The largest absolute Gasteiger partial charge is 0.387 e. The van der Waals surface area contributed by atoms with Crippen molar-refractivity contribution >= 4 is 15.7 Å². The summed E-state index contributed by atoms with van der Waals surface area (Å²) < 4.78 is 75.9. The summed E-state index contributed by atoms with van der Waals surface area (Å²) >= 11 is 0. The Morgan fingerprint density at radius 1 is 1.39 bits per heavy atom. The van der Waals surface area contributed by atoms with E-state index in [1.54, 1.807) is 0 Å². The zero-order chi connectivity index (χ0) is 19.7. The fourth-order valence-corrected chi connectivity index (χ4v) is 1.87. The van der Waals surface area contributed by atoms with Crippen molar-refractivity contribution in [1.29, 1.82) is 0 Å². The van der Waals surface area contributed by atoms with E-state index in [1.165, 1.54) is 24.3 Å². The molecule has 1 atom stereocenters. The van der Waals surface area contributed by atoms with Crippen LogP contribution < -0.4 is 10.0 Å². The Hall–Kier alpha value is -1.11. The molecule has 0 bridgehead atoms. The SMILES string of the molecule is [2H]C([2H])([2H])C([2H])(NCC(O)c1ccc(NS(C)(=O)=O)cc1)C([2H])([2H])[2H]. The number of benzene rings is 1. The van der Waals surface area contributed by atoms with Gasteiger partial charge in [-0.25, -0.2) is 8.42 Å². The summed E-state index contributed by atoms with van der Waals surface area (Å²) in [6.07, 6.45) is -0.307. The molecule has 0 heterocycles. The first kappa shape index (κ1) is 7.47. The van der Waals surface area contributed by atoms with E-state index >= 15 is 0 Å². The minimum absolute atomic E-state index is 0.270. The fraction of sp³-hybridized carbons (Fsp3) is 0.500. The van der Waals surface area contributed by atoms with Crippen molar-refractivity contribution < 1.29 is 23.1 Å². The number of hydrogen-bond donors (Lipinski definition) is 3. The first-order chi connectivity index (χ1) is 11.1. The van der Waals surface area contributed by atoms with Gasteiger partial charge >= 0.3 is 0 Å². The smallest absolute Gasteiger partial charge is 0.229 e. The Kier molecular flexibility index (Phi) is 2.56. The van der Waals surface area contributed by atoms with Crippen LogP contribution in [0.5, 0.6) is 0 Å². The van der Waals surface area contributed by atoms with Crippen molar-refractivity contribution in [3.63, 3.8) is 0 Å². The maximum atomic E-state index is 11.1. The van der Waals surface area contributed by atoms with Gasteiger partial charge in [-0.3, -0.25) is 4.72 Å². The zero-order valence-electron chi connectivity index (χ0n) is 16.8. The maximum Gasteiger partial charge on any atom is 0.229 e. The molecule has 6 heteroatoms. The van der Waals surface area contributed by atoms with Crippen LogP contribution in [0.3, 0.4) is 0 Å². The van der Waals surface area contributed by atoms with Crippen molar-refractivity contribution in [2.45, 2.75) is 25.8 Å². The number of anilines is 1. The molecule has 0 aromatic heterocycles. The van der Waals surface area contributed by atoms with Crippen LogP contribution in [0.4, 0.5) is 5.69 Å². The molecule has 1 aromatic rings. The number of sulfonamides is 1. The van der Waals surface area contributed by atoms with Crippen LogP contribution in [0.1, 0.15) is 35.0 Å². The predicted molar refractivity (Wildman–Crippen MR) is 73.0 cm³/mol. The van der Waals surface area contributed by atoms with Crippen molar-refractivity contribution in [3.05, 3.63) is 29.8 Å². The molecule has 102 valence electrons. The Balaban J connectivity index is 2.87. The van der Waals surface area contributed by atoms with Gasteiger partial charge in [-0.15, -0.1) is 0 Å². The highest BCUT2D eigenvalue weighted by Crippen LogP contribution is 2.16. The van der Waals surface area contributed by atoms with Gasteiger partial charge in [0.1, 0.15) is 0 Å². The van der Waals surface area contributed by atoms with E-state index in [0.717, 1.165) is 6.26 Å². The van der Waals surface area contributed by atoms with E-state index in [-0.39, 0.29) is 5.69 Å².